The van der Waals surface area contributed by atoms with Crippen molar-refractivity contribution in [3.05, 3.63) is 34.8 Å². The van der Waals surface area contributed by atoms with Gasteiger partial charge in [0.25, 0.3) is 5.90 Å². The number of hydrogen-bond donors (Lipinski definition) is 0. The molecule has 0 spiro atoms. The van der Waals surface area contributed by atoms with E-state index in [4.69, 9.17) is 23.9 Å². The van der Waals surface area contributed by atoms with Crippen LogP contribution in [0.2, 0.25) is 0 Å². The van der Waals surface area contributed by atoms with E-state index in [-0.39, 0.29) is 11.5 Å². The number of ether oxygens (including phenoxy) is 4. The fraction of sp³-hybridized carbons (Fsp3) is 0.609. The Kier molecular flexibility index (Phi) is 20.1. The van der Waals surface area contributed by atoms with Crippen LogP contribution in [-0.4, -0.2) is 92.6 Å². The number of nitrogens with zero attached hydrogens (tertiary/aromatic N) is 6. The van der Waals surface area contributed by atoms with E-state index in [0.29, 0.717) is 48.7 Å². The van der Waals surface area contributed by atoms with Gasteiger partial charge in [0.2, 0.25) is 5.88 Å². The lowest BCUT2D eigenvalue weighted by Gasteiger charge is -2.15. The Morgan fingerprint density at radius 3 is 2.13 bits per heavy atom. The molecule has 2 heterocycles. The molecule has 0 radical (unpaired) electrons. The average molecular weight is 547 g/mol. The van der Waals surface area contributed by atoms with Gasteiger partial charge in [-0.05, 0) is 25.6 Å². The van der Waals surface area contributed by atoms with Gasteiger partial charge in [0, 0.05) is 33.1 Å². The van der Waals surface area contributed by atoms with E-state index in [1.54, 1.807) is 42.1 Å². The molecule has 0 amide bonds. The molecule has 0 atom stereocenters. The van der Waals surface area contributed by atoms with Gasteiger partial charge in [-0.1, -0.05) is 12.1 Å². The number of oxime groups is 2. The predicted octanol–water partition coefficient (Wildman–Crippen LogP) is 1.61. The number of carbonyl (C=O) groups is 1. The Bertz CT molecular complexity index is 983. The number of carbonyl (C=O) groups excluding carboxylic acids is 1. The van der Waals surface area contributed by atoms with Crippen LogP contribution < -0.4 is 10.4 Å². The molecule has 0 saturated carbocycles. The molecule has 1 aromatic heterocycles. The molecular weight excluding hydrogens is 504 g/mol. The Morgan fingerprint density at radius 2 is 1.82 bits per heavy atom. The van der Waals surface area contributed by atoms with Crippen LogP contribution >= 0.6 is 0 Å². The molecule has 0 aromatic carbocycles. The van der Waals surface area contributed by atoms with E-state index < -0.39 is 0 Å². The van der Waals surface area contributed by atoms with Crippen LogP contribution in [0, 0.1) is 0 Å². The van der Waals surface area contributed by atoms with E-state index in [1.165, 1.54) is 49.0 Å². The number of Topliss-reactive ketones (excluding diaryl/α,β-unsaturated/α-hetero) is 1. The first kappa shape index (κ1) is 36.1. The van der Waals surface area contributed by atoms with Crippen molar-refractivity contribution in [2.24, 2.45) is 24.4 Å². The van der Waals surface area contributed by atoms with Gasteiger partial charge in [0.1, 0.15) is 19.4 Å². The second-order valence-electron chi connectivity index (χ2n) is 6.98. The van der Waals surface area contributed by atoms with Gasteiger partial charge in [-0.2, -0.15) is 0 Å². The monoisotopic (exact) mass is 546 g/mol. The van der Waals surface area contributed by atoms with Crippen molar-refractivity contribution in [1.29, 1.82) is 0 Å². The zero-order valence-corrected chi connectivity index (χ0v) is 24.3. The van der Waals surface area contributed by atoms with Gasteiger partial charge in [0.05, 0.1) is 34.7 Å². The van der Waals surface area contributed by atoms with Crippen LogP contribution in [0.1, 0.15) is 27.2 Å². The molecule has 38 heavy (non-hydrogen) atoms. The lowest BCUT2D eigenvalue weighted by molar-refractivity contribution is -0.115. The maximum absolute atomic E-state index is 10.9. The highest BCUT2D eigenvalue weighted by Gasteiger charge is 2.11. The van der Waals surface area contributed by atoms with Crippen LogP contribution in [-0.2, 0) is 47.6 Å². The molecule has 1 aromatic rings. The average Bonchev–Trinajstić information content (AvgIpc) is 3.19. The maximum Gasteiger partial charge on any atom is 0.348 e. The van der Waals surface area contributed by atoms with E-state index in [0.717, 1.165) is 0 Å². The predicted molar refractivity (Wildman–Crippen MR) is 141 cm³/mol. The van der Waals surface area contributed by atoms with Crippen LogP contribution in [0.5, 0.6) is 6.01 Å². The first-order valence-corrected chi connectivity index (χ1v) is 11.2. The third kappa shape index (κ3) is 14.5. The normalized spacial score (nSPS) is 12.2. The first-order valence-electron chi connectivity index (χ1n) is 11.2. The summed E-state index contributed by atoms with van der Waals surface area (Å²) in [6.07, 6.45) is 2.01. The first-order chi connectivity index (χ1) is 17.9. The lowest BCUT2D eigenvalue weighted by Crippen LogP contribution is -2.22. The second kappa shape index (κ2) is 21.1. The van der Waals surface area contributed by atoms with Crippen molar-refractivity contribution >= 4 is 17.4 Å². The molecule has 15 nitrogen and oxygen atoms in total. The Balaban J connectivity index is 0. The zero-order chi connectivity index (χ0) is 29.7. The smallest absolute Gasteiger partial charge is 0.348 e. The molecule has 0 unspecified atom stereocenters. The van der Waals surface area contributed by atoms with Gasteiger partial charge < -0.3 is 28.6 Å². The van der Waals surface area contributed by atoms with Crippen LogP contribution in [0.4, 0.5) is 0 Å². The summed E-state index contributed by atoms with van der Waals surface area (Å²) in [6.45, 7) is 9.83. The quantitative estimate of drug-likeness (QED) is 0.192. The van der Waals surface area contributed by atoms with E-state index in [1.807, 2.05) is 6.92 Å². The van der Waals surface area contributed by atoms with Gasteiger partial charge in [0.15, 0.2) is 12.4 Å². The second-order valence-corrected chi connectivity index (χ2v) is 6.98. The standard InChI is InChI=1S/C7H12O2.C6H10N2O3.C5H9N3O2.C5H11NO2/c1-4-7(8)6(2)5-9-3;1-5(7-9-2)6-8-11-4-3-10-6;1-7-4(10-3)6-8(2)5(7)9;1-5(7-3)6(2)8-4/h5H,4H2,1-3H3;3-4H2,1-2H3;1-3H3;1H2,2-4H3/b6-5+;7-5+;;. The van der Waals surface area contributed by atoms with Crippen LogP contribution in [0.15, 0.2) is 39.4 Å². The highest BCUT2D eigenvalue weighted by Crippen LogP contribution is 1.98. The Hall–Kier alpha value is -4.01. The van der Waals surface area contributed by atoms with Crippen LogP contribution in [0.3, 0.4) is 0 Å². The molecule has 1 aliphatic rings. The third-order valence-electron chi connectivity index (χ3n) is 4.28. The number of hydroxylamine groups is 2. The van der Waals surface area contributed by atoms with Gasteiger partial charge >= 0.3 is 11.7 Å². The van der Waals surface area contributed by atoms with Crippen molar-refractivity contribution in [1.82, 2.24) is 19.4 Å². The molecule has 0 aliphatic carbocycles. The number of aromatic nitrogens is 3. The molecule has 2 rings (SSSR count). The molecule has 0 saturated heterocycles. The summed E-state index contributed by atoms with van der Waals surface area (Å²) < 4.78 is 21.8. The van der Waals surface area contributed by atoms with Crippen molar-refractivity contribution in [3.63, 3.8) is 0 Å². The van der Waals surface area contributed by atoms with Crippen LogP contribution in [0.25, 0.3) is 0 Å². The Morgan fingerprint density at radius 1 is 1.18 bits per heavy atom. The molecule has 15 heteroatoms. The topological polar surface area (TPSA) is 149 Å². The summed E-state index contributed by atoms with van der Waals surface area (Å²) in [7, 11) is 12.5. The minimum absolute atomic E-state index is 0.136. The Labute approximate surface area is 223 Å². The van der Waals surface area contributed by atoms with E-state index in [9.17, 15) is 9.59 Å². The molecule has 1 aliphatic heterocycles. The summed E-state index contributed by atoms with van der Waals surface area (Å²) in [5, 5.41) is 12.5. The highest BCUT2D eigenvalue weighted by atomic mass is 16.7. The summed E-state index contributed by atoms with van der Waals surface area (Å²) in [4.78, 5) is 35.7. The third-order valence-corrected chi connectivity index (χ3v) is 4.28. The van der Waals surface area contributed by atoms with Crippen molar-refractivity contribution in [2.45, 2.75) is 27.2 Å². The number of ketones is 1. The largest absolute Gasteiger partial charge is 0.504 e. The number of hydrogen-bond acceptors (Lipinski definition) is 13. The zero-order valence-electron chi connectivity index (χ0n) is 24.3. The summed E-state index contributed by atoms with van der Waals surface area (Å²) >= 11 is 0. The summed E-state index contributed by atoms with van der Waals surface area (Å²) in [6, 6.07) is 0.326. The van der Waals surface area contributed by atoms with Gasteiger partial charge in [-0.3, -0.25) is 9.63 Å². The number of methoxy groups -OCH3 is 3. The molecule has 218 valence electrons. The minimum atomic E-state index is -0.183. The fourth-order valence-corrected chi connectivity index (χ4v) is 2.12. The molecule has 0 fully saturated rings. The van der Waals surface area contributed by atoms with Crippen molar-refractivity contribution in [2.75, 3.05) is 55.8 Å². The number of allylic oxidation sites excluding steroid dienone is 1. The van der Waals surface area contributed by atoms with E-state index in [2.05, 4.69) is 31.6 Å². The minimum Gasteiger partial charge on any atom is -0.504 e. The molecular formula is C23H42N6O9. The van der Waals surface area contributed by atoms with Crippen molar-refractivity contribution in [3.8, 4) is 6.01 Å². The fourth-order valence-electron chi connectivity index (χ4n) is 2.12. The number of rotatable bonds is 9. The van der Waals surface area contributed by atoms with Crippen molar-refractivity contribution < 1.29 is 38.3 Å². The highest BCUT2D eigenvalue weighted by molar-refractivity contribution is 6.37. The lowest BCUT2D eigenvalue weighted by atomic mass is 10.2. The molecule has 0 N–H and O–H groups in total. The number of aryl methyl sites for hydroxylation is 1. The summed E-state index contributed by atoms with van der Waals surface area (Å²) in [5.74, 6) is 1.02. The molecule has 0 bridgehead atoms. The SMILES string of the molecule is C=C(OC)N(C)OC.CCC(=O)/C(C)=C/OC.CO/N=C(\C)C1=NOCCO1.COc1nn(C)c(=O)n1C. The van der Waals surface area contributed by atoms with E-state index >= 15 is 0 Å². The van der Waals surface area contributed by atoms with Gasteiger partial charge in [-0.15, -0.1) is 5.10 Å². The maximum atomic E-state index is 10.9. The summed E-state index contributed by atoms with van der Waals surface area (Å²) in [5.41, 5.74) is 1.07. The van der Waals surface area contributed by atoms with Gasteiger partial charge in [-0.25, -0.2) is 19.1 Å².